The highest BCUT2D eigenvalue weighted by molar-refractivity contribution is 6.46. The molecule has 1 aliphatic rings. The van der Waals surface area contributed by atoms with E-state index < -0.39 is 35.3 Å². The molecule has 0 radical (unpaired) electrons. The number of carbonyl (C=O) groups excluding carboxylic acids is 2. The largest absolute Gasteiger partial charge is 0.507 e. The number of ether oxygens (including phenoxy) is 1. The van der Waals surface area contributed by atoms with Gasteiger partial charge in [0.2, 0.25) is 0 Å². The van der Waals surface area contributed by atoms with Gasteiger partial charge >= 0.3 is 5.97 Å². The van der Waals surface area contributed by atoms with Crippen LogP contribution in [0.2, 0.25) is 0 Å². The third-order valence-electron chi connectivity index (χ3n) is 5.93. The molecule has 1 amide bonds. The fourth-order valence-electron chi connectivity index (χ4n) is 4.10. The molecule has 8 heteroatoms. The number of ketones is 1. The van der Waals surface area contributed by atoms with Gasteiger partial charge in [0.25, 0.3) is 11.7 Å². The topological polar surface area (TPSA) is 104 Å². The number of likely N-dealkylation sites (tertiary alicyclic amines) is 1. The Kier molecular flexibility index (Phi) is 6.38. The molecule has 1 aliphatic heterocycles. The number of carboxylic acids is 1. The Morgan fingerprint density at radius 2 is 1.69 bits per heavy atom. The summed E-state index contributed by atoms with van der Waals surface area (Å²) in [5, 5.41) is 20.3. The van der Waals surface area contributed by atoms with Crippen molar-refractivity contribution in [3.05, 3.63) is 106 Å². The van der Waals surface area contributed by atoms with Crippen LogP contribution < -0.4 is 4.74 Å². The van der Waals surface area contributed by atoms with Crippen molar-refractivity contribution in [3.8, 4) is 5.75 Å². The Morgan fingerprint density at radius 1 is 1.00 bits per heavy atom. The number of nitrogens with zero attached hydrogens (tertiary/aromatic N) is 1. The second-order valence-corrected chi connectivity index (χ2v) is 8.17. The summed E-state index contributed by atoms with van der Waals surface area (Å²) in [7, 11) is 1.49. The number of hydrogen-bond donors (Lipinski definition) is 2. The van der Waals surface area contributed by atoms with Crippen molar-refractivity contribution >= 4 is 23.4 Å². The van der Waals surface area contributed by atoms with E-state index in [-0.39, 0.29) is 28.8 Å². The summed E-state index contributed by atoms with van der Waals surface area (Å²) in [5.41, 5.74) is 1.58. The number of benzene rings is 3. The number of aryl methyl sites for hydroxylation is 1. The summed E-state index contributed by atoms with van der Waals surface area (Å²) in [6, 6.07) is 15.7. The molecule has 1 heterocycles. The highest BCUT2D eigenvalue weighted by atomic mass is 19.1. The molecule has 1 fully saturated rings. The summed E-state index contributed by atoms with van der Waals surface area (Å²) in [4.78, 5) is 38.8. The van der Waals surface area contributed by atoms with Gasteiger partial charge in [-0.3, -0.25) is 9.59 Å². The first-order valence-corrected chi connectivity index (χ1v) is 10.7. The Bertz CT molecular complexity index is 1360. The second-order valence-electron chi connectivity index (χ2n) is 8.17. The number of aliphatic hydroxyl groups is 1. The number of methoxy groups -OCH3 is 1. The minimum absolute atomic E-state index is 0.00836. The molecule has 1 unspecified atom stereocenters. The van der Waals surface area contributed by atoms with Gasteiger partial charge in [-0.2, -0.15) is 0 Å². The molecule has 4 rings (SSSR count). The molecule has 0 saturated carbocycles. The smallest absolute Gasteiger partial charge is 0.335 e. The average molecular weight is 475 g/mol. The van der Waals surface area contributed by atoms with Crippen LogP contribution in [0, 0.1) is 12.7 Å². The third kappa shape index (κ3) is 4.50. The maximum absolute atomic E-state index is 13.8. The number of carboxylic acid groups (broad SMARTS) is 1. The molecule has 178 valence electrons. The van der Waals surface area contributed by atoms with Crippen molar-refractivity contribution in [3.63, 3.8) is 0 Å². The van der Waals surface area contributed by atoms with E-state index in [1.807, 2.05) is 0 Å². The van der Waals surface area contributed by atoms with Crippen molar-refractivity contribution < 1.29 is 33.7 Å². The molecule has 1 saturated heterocycles. The molecular formula is C27H22FNO6. The first-order chi connectivity index (χ1) is 16.7. The molecule has 0 aromatic heterocycles. The second kappa shape index (κ2) is 9.42. The zero-order valence-electron chi connectivity index (χ0n) is 19.0. The first kappa shape index (κ1) is 23.7. The molecule has 7 nitrogen and oxygen atoms in total. The summed E-state index contributed by atoms with van der Waals surface area (Å²) in [6.07, 6.45) is 0. The highest BCUT2D eigenvalue weighted by Crippen LogP contribution is 2.41. The first-order valence-electron chi connectivity index (χ1n) is 10.7. The number of hydrogen-bond acceptors (Lipinski definition) is 5. The minimum atomic E-state index is -1.08. The van der Waals surface area contributed by atoms with Crippen molar-refractivity contribution in [1.82, 2.24) is 4.90 Å². The molecule has 0 aliphatic carbocycles. The lowest BCUT2D eigenvalue weighted by molar-refractivity contribution is -0.140. The summed E-state index contributed by atoms with van der Waals surface area (Å²) in [6.45, 7) is 1.52. The summed E-state index contributed by atoms with van der Waals surface area (Å²) >= 11 is 0. The van der Waals surface area contributed by atoms with Gasteiger partial charge in [0.05, 0.1) is 24.3 Å². The maximum atomic E-state index is 13.8. The van der Waals surface area contributed by atoms with Crippen LogP contribution in [0.3, 0.4) is 0 Å². The quantitative estimate of drug-likeness (QED) is 0.310. The molecule has 1 atom stereocenters. The van der Waals surface area contributed by atoms with Crippen molar-refractivity contribution in [2.75, 3.05) is 7.11 Å². The maximum Gasteiger partial charge on any atom is 0.335 e. The standard InChI is InChI=1S/C27H22FNO6/c1-15-12-19(10-11-21(15)28)24(30)22-23(18-4-3-5-20(13-18)35-2)29(26(32)25(22)31)14-16-6-8-17(9-7-16)27(33)34/h3-13,23,30H,14H2,1-2H3,(H,33,34)/b24-22-. The normalized spacial score (nSPS) is 17.0. The molecule has 35 heavy (non-hydrogen) atoms. The number of Topliss-reactive ketones (excluding diaryl/α,β-unsaturated/α-hetero) is 1. The van der Waals surface area contributed by atoms with Gasteiger partial charge in [-0.25, -0.2) is 9.18 Å². The SMILES string of the molecule is COc1cccc(C2/C(=C(/O)c3ccc(F)c(C)c3)C(=O)C(=O)N2Cc2ccc(C(=O)O)cc2)c1. The van der Waals surface area contributed by atoms with Gasteiger partial charge in [-0.1, -0.05) is 24.3 Å². The van der Waals surface area contributed by atoms with E-state index in [9.17, 15) is 23.9 Å². The van der Waals surface area contributed by atoms with Gasteiger partial charge in [-0.05, 0) is 66.1 Å². The van der Waals surface area contributed by atoms with Crippen molar-refractivity contribution in [2.45, 2.75) is 19.5 Å². The van der Waals surface area contributed by atoms with Crippen LogP contribution in [0.4, 0.5) is 4.39 Å². The van der Waals surface area contributed by atoms with Crippen molar-refractivity contribution in [2.24, 2.45) is 0 Å². The lowest BCUT2D eigenvalue weighted by atomic mass is 9.94. The van der Waals surface area contributed by atoms with E-state index in [2.05, 4.69) is 0 Å². The number of carbonyl (C=O) groups is 3. The Morgan fingerprint density at radius 3 is 2.31 bits per heavy atom. The third-order valence-corrected chi connectivity index (χ3v) is 5.93. The van der Waals surface area contributed by atoms with Gasteiger partial charge in [-0.15, -0.1) is 0 Å². The van der Waals surface area contributed by atoms with Crippen LogP contribution >= 0.6 is 0 Å². The van der Waals surface area contributed by atoms with Gasteiger partial charge in [0.15, 0.2) is 0 Å². The lowest BCUT2D eigenvalue weighted by Crippen LogP contribution is -2.29. The summed E-state index contributed by atoms with van der Waals surface area (Å²) < 4.78 is 19.1. The molecule has 3 aromatic rings. The summed E-state index contributed by atoms with van der Waals surface area (Å²) in [5.74, 6) is -3.15. The fourth-order valence-corrected chi connectivity index (χ4v) is 4.10. The number of aliphatic hydroxyl groups excluding tert-OH is 1. The predicted octanol–water partition coefficient (Wildman–Crippen LogP) is 4.46. The average Bonchev–Trinajstić information content (AvgIpc) is 3.10. The fraction of sp³-hybridized carbons (Fsp3) is 0.148. The molecular weight excluding hydrogens is 453 g/mol. The van der Waals surface area contributed by atoms with Crippen LogP contribution in [0.15, 0.2) is 72.3 Å². The number of halogens is 1. The van der Waals surface area contributed by atoms with Crippen LogP contribution in [0.25, 0.3) is 5.76 Å². The Labute approximate surface area is 200 Å². The highest BCUT2D eigenvalue weighted by Gasteiger charge is 2.46. The predicted molar refractivity (Wildman–Crippen MR) is 125 cm³/mol. The van der Waals surface area contributed by atoms with Gasteiger partial charge < -0.3 is 19.8 Å². The van der Waals surface area contributed by atoms with E-state index in [1.54, 1.807) is 36.4 Å². The Hall–Kier alpha value is -4.46. The zero-order valence-corrected chi connectivity index (χ0v) is 19.0. The Balaban J connectivity index is 1.85. The van der Waals surface area contributed by atoms with Crippen LogP contribution in [0.5, 0.6) is 5.75 Å². The van der Waals surface area contributed by atoms with E-state index in [1.165, 1.54) is 49.3 Å². The molecule has 0 bridgehead atoms. The van der Waals surface area contributed by atoms with Crippen LogP contribution in [-0.2, 0) is 16.1 Å². The van der Waals surface area contributed by atoms with E-state index >= 15 is 0 Å². The van der Waals surface area contributed by atoms with Crippen LogP contribution in [-0.4, -0.2) is 39.9 Å². The monoisotopic (exact) mass is 475 g/mol. The van der Waals surface area contributed by atoms with Crippen LogP contribution in [0.1, 0.15) is 38.7 Å². The van der Waals surface area contributed by atoms with E-state index in [0.29, 0.717) is 16.9 Å². The molecule has 3 aromatic carbocycles. The van der Waals surface area contributed by atoms with Crippen molar-refractivity contribution in [1.29, 1.82) is 0 Å². The number of rotatable bonds is 6. The van der Waals surface area contributed by atoms with Gasteiger partial charge in [0, 0.05) is 12.1 Å². The minimum Gasteiger partial charge on any atom is -0.507 e. The number of amides is 1. The molecule has 0 spiro atoms. The molecule has 2 N–H and O–H groups in total. The van der Waals surface area contributed by atoms with E-state index in [4.69, 9.17) is 9.84 Å². The zero-order chi connectivity index (χ0) is 25.3. The number of aromatic carboxylic acids is 1. The van der Waals surface area contributed by atoms with Gasteiger partial charge in [0.1, 0.15) is 17.3 Å². The van der Waals surface area contributed by atoms with E-state index in [0.717, 1.165) is 0 Å². The lowest BCUT2D eigenvalue weighted by Gasteiger charge is -2.26.